The van der Waals surface area contributed by atoms with Crippen molar-refractivity contribution >= 4 is 17.6 Å². The molecule has 1 amide bonds. The minimum absolute atomic E-state index is 0.0999. The predicted molar refractivity (Wildman–Crippen MR) is 260 cm³/mol. The van der Waals surface area contributed by atoms with Gasteiger partial charge in [-0.1, -0.05) is 45.0 Å². The number of esters is 1. The molecule has 4 heterocycles. The first-order valence-corrected chi connectivity index (χ1v) is 25.2. The second kappa shape index (κ2) is 24.5. The van der Waals surface area contributed by atoms with Gasteiger partial charge in [0.2, 0.25) is 5.91 Å². The summed E-state index contributed by atoms with van der Waals surface area (Å²) in [5.41, 5.74) is 0.0705. The molecule has 3 saturated heterocycles. The Labute approximate surface area is 410 Å². The summed E-state index contributed by atoms with van der Waals surface area (Å²) < 4.78 is 40.4. The van der Waals surface area contributed by atoms with Gasteiger partial charge in [-0.05, 0) is 105 Å². The van der Waals surface area contributed by atoms with Gasteiger partial charge in [0.05, 0.1) is 53.3 Å². The molecule has 3 aliphatic rings. The number of nitrogens with one attached hydrogen (secondary N) is 1. The van der Waals surface area contributed by atoms with E-state index in [2.05, 4.69) is 25.4 Å². The second-order valence-corrected chi connectivity index (χ2v) is 21.3. The second-order valence-electron chi connectivity index (χ2n) is 21.3. The molecular weight excluding hydrogens is 889 g/mol. The van der Waals surface area contributed by atoms with E-state index >= 15 is 0 Å². The number of likely N-dealkylation sites (N-methyl/N-ethyl adjacent to an activating group) is 2. The minimum Gasteiger partial charge on any atom is -0.462 e. The lowest BCUT2D eigenvalue weighted by Crippen LogP contribution is -2.60. The van der Waals surface area contributed by atoms with Crippen LogP contribution >= 0.6 is 0 Å². The summed E-state index contributed by atoms with van der Waals surface area (Å²) >= 11 is 0. The summed E-state index contributed by atoms with van der Waals surface area (Å²) in [7, 11) is 5.43. The molecule has 2 aromatic rings. The quantitative estimate of drug-likeness (QED) is 0.168. The lowest BCUT2D eigenvalue weighted by Gasteiger charge is -2.49. The molecule has 18 heteroatoms. The molecule has 1 aromatic heterocycles. The molecule has 1 aromatic carbocycles. The Bertz CT molecular complexity index is 1920. The fraction of sp³-hybridized carbons (Fsp3) is 0.804. The highest BCUT2D eigenvalue weighted by atomic mass is 16.7. The standard InChI is InChI=1S/C51H86N6O12/c1-15-41-31(4)43(59)34(7)56(13)27-29(2)25-50(10,63)47(32(5)45(33(6)48(62)67-41)68-42-26-51(11,64-14)46(61)35(8)66-42)69-49-44(60)40(24-30(3)65-49)55(12)22-21-39-28-57(54-53-39)23-20-37-16-18-38(19-17-37)52-36(9)58/h16-19,28-35,40-47,49,59-61,63H,15,20-27H2,1-14H3,(H,52,58)/t29-,30-,31+,32+,33-,34-,35+,40+,41-,42+,43+,44-,45+,46+,47-,49+,50-,51-/m1/s1. The van der Waals surface area contributed by atoms with Crippen molar-refractivity contribution in [2.24, 2.45) is 23.7 Å². The first kappa shape index (κ1) is 56.8. The van der Waals surface area contributed by atoms with Crippen molar-refractivity contribution in [1.29, 1.82) is 0 Å². The van der Waals surface area contributed by atoms with E-state index in [9.17, 15) is 30.0 Å². The highest BCUT2D eigenvalue weighted by Crippen LogP contribution is 2.40. The number of carbonyl (C=O) groups is 2. The number of cyclic esters (lactones) is 1. The van der Waals surface area contributed by atoms with Crippen molar-refractivity contribution < 1.29 is 58.4 Å². The largest absolute Gasteiger partial charge is 0.462 e. The Morgan fingerprint density at radius 3 is 2.29 bits per heavy atom. The van der Waals surface area contributed by atoms with Gasteiger partial charge in [-0.25, -0.2) is 0 Å². The number of rotatable bonds is 14. The summed E-state index contributed by atoms with van der Waals surface area (Å²) in [5, 5.41) is 59.3. The highest BCUT2D eigenvalue weighted by Gasteiger charge is 2.52. The number of amides is 1. The minimum atomic E-state index is -1.57. The molecule has 0 radical (unpaired) electrons. The van der Waals surface area contributed by atoms with Crippen LogP contribution in [0, 0.1) is 23.7 Å². The molecule has 18 nitrogen and oxygen atoms in total. The van der Waals surface area contributed by atoms with Gasteiger partial charge in [0.15, 0.2) is 12.6 Å². The zero-order chi connectivity index (χ0) is 51.1. The molecule has 3 fully saturated rings. The SMILES string of the molecule is CC[C@H]1OC(=O)[C@H](C)[C@@H](O[C@H]2C[C@@](C)(OC)[C@@H](O)[C@H](C)O2)[C@H](C)[C@@H](O[C@@H]2O[C@H](C)C[C@H](N(C)CCc3cn(CCc4ccc(NC(C)=O)cc4)nn3)[C@H]2O)[C@](C)(O)C[C@@H](C)CN(C)[C@H](C)[C@@H](O)[C@H]1C. The molecule has 0 spiro atoms. The van der Waals surface area contributed by atoms with Gasteiger partial charge in [0.1, 0.15) is 18.3 Å². The molecule has 3 aliphatic heterocycles. The van der Waals surface area contributed by atoms with E-state index in [0.29, 0.717) is 38.9 Å². The Balaban J connectivity index is 1.39. The molecule has 0 unspecified atom stereocenters. The van der Waals surface area contributed by atoms with Crippen LogP contribution in [0.15, 0.2) is 30.5 Å². The van der Waals surface area contributed by atoms with Crippen LogP contribution in [0.1, 0.15) is 113 Å². The number of aliphatic hydroxyl groups excluding tert-OH is 3. The summed E-state index contributed by atoms with van der Waals surface area (Å²) in [5.74, 6) is -2.82. The molecule has 5 N–H and O–H groups in total. The third kappa shape index (κ3) is 14.5. The van der Waals surface area contributed by atoms with E-state index in [1.54, 1.807) is 27.7 Å². The van der Waals surface area contributed by atoms with Crippen molar-refractivity contribution in [2.75, 3.05) is 39.6 Å². The van der Waals surface area contributed by atoms with Gasteiger partial charge in [-0.3, -0.25) is 14.3 Å². The molecule has 392 valence electrons. The van der Waals surface area contributed by atoms with Crippen LogP contribution in [-0.4, -0.2) is 176 Å². The molecule has 0 aliphatic carbocycles. The van der Waals surface area contributed by atoms with E-state index < -0.39 is 90.2 Å². The number of aryl methyl sites for hydroxylation is 2. The number of aromatic nitrogens is 3. The third-order valence-electron chi connectivity index (χ3n) is 15.3. The van der Waals surface area contributed by atoms with Crippen LogP contribution in [0.4, 0.5) is 5.69 Å². The molecule has 69 heavy (non-hydrogen) atoms. The van der Waals surface area contributed by atoms with E-state index in [-0.39, 0.29) is 42.9 Å². The van der Waals surface area contributed by atoms with Crippen molar-refractivity contribution in [3.63, 3.8) is 0 Å². The first-order valence-electron chi connectivity index (χ1n) is 25.2. The lowest BCUT2D eigenvalue weighted by atomic mass is 9.77. The van der Waals surface area contributed by atoms with Gasteiger partial charge < -0.3 is 64.0 Å². The van der Waals surface area contributed by atoms with Crippen LogP contribution in [-0.2, 0) is 57.4 Å². The average Bonchev–Trinajstić information content (AvgIpc) is 3.76. The summed E-state index contributed by atoms with van der Waals surface area (Å²) in [4.78, 5) is 30.0. The first-order chi connectivity index (χ1) is 32.4. The van der Waals surface area contributed by atoms with Gasteiger partial charge in [0.25, 0.3) is 0 Å². The average molecular weight is 975 g/mol. The zero-order valence-corrected chi connectivity index (χ0v) is 43.8. The number of anilines is 1. The van der Waals surface area contributed by atoms with E-state index in [1.807, 2.05) is 90.8 Å². The molecular formula is C51H86N6O12. The monoisotopic (exact) mass is 975 g/mol. The molecule has 0 bridgehead atoms. The van der Waals surface area contributed by atoms with E-state index in [4.69, 9.17) is 28.4 Å². The maximum absolute atomic E-state index is 14.4. The van der Waals surface area contributed by atoms with Crippen molar-refractivity contribution in [3.8, 4) is 0 Å². The predicted octanol–water partition coefficient (Wildman–Crippen LogP) is 4.19. The molecule has 5 rings (SSSR count). The van der Waals surface area contributed by atoms with Crippen molar-refractivity contribution in [3.05, 3.63) is 41.7 Å². The van der Waals surface area contributed by atoms with Crippen LogP contribution in [0.5, 0.6) is 0 Å². The number of benzene rings is 1. The fourth-order valence-corrected chi connectivity index (χ4v) is 10.8. The van der Waals surface area contributed by atoms with Crippen LogP contribution in [0.3, 0.4) is 0 Å². The maximum Gasteiger partial charge on any atom is 0.311 e. The van der Waals surface area contributed by atoms with Gasteiger partial charge >= 0.3 is 5.97 Å². The Hall–Kier alpha value is -3.14. The number of methoxy groups -OCH3 is 1. The number of nitrogens with zero attached hydrogens (tertiary/aromatic N) is 5. The normalized spacial score (nSPS) is 39.1. The Kier molecular flexibility index (Phi) is 20.2. The van der Waals surface area contributed by atoms with Gasteiger partial charge in [-0.15, -0.1) is 5.10 Å². The fourth-order valence-electron chi connectivity index (χ4n) is 10.8. The van der Waals surface area contributed by atoms with Crippen LogP contribution < -0.4 is 5.32 Å². The topological polar surface area (TPSA) is 220 Å². The van der Waals surface area contributed by atoms with Gasteiger partial charge in [-0.2, -0.15) is 0 Å². The summed E-state index contributed by atoms with van der Waals surface area (Å²) in [6.45, 7) is 21.8. The van der Waals surface area contributed by atoms with E-state index in [1.165, 1.54) is 14.0 Å². The van der Waals surface area contributed by atoms with Crippen LogP contribution in [0.2, 0.25) is 0 Å². The van der Waals surface area contributed by atoms with Crippen LogP contribution in [0.25, 0.3) is 0 Å². The maximum atomic E-state index is 14.4. The van der Waals surface area contributed by atoms with E-state index in [0.717, 1.165) is 23.4 Å². The highest BCUT2D eigenvalue weighted by molar-refractivity contribution is 5.88. The molecule has 0 saturated carbocycles. The summed E-state index contributed by atoms with van der Waals surface area (Å²) in [6, 6.07) is 7.05. The smallest absolute Gasteiger partial charge is 0.311 e. The Morgan fingerprint density at radius 2 is 1.65 bits per heavy atom. The lowest BCUT2D eigenvalue weighted by molar-refractivity contribution is -0.318. The Morgan fingerprint density at radius 1 is 0.971 bits per heavy atom. The van der Waals surface area contributed by atoms with Crippen molar-refractivity contribution in [1.82, 2.24) is 24.8 Å². The number of ether oxygens (including phenoxy) is 6. The number of hydrogen-bond donors (Lipinski definition) is 5. The third-order valence-corrected chi connectivity index (χ3v) is 15.3. The summed E-state index contributed by atoms with van der Waals surface area (Å²) in [6.07, 6.45) is -4.00. The molecule has 18 atom stereocenters. The van der Waals surface area contributed by atoms with Gasteiger partial charge in [0, 0.05) is 82.3 Å². The number of carbonyl (C=O) groups excluding carboxylic acids is 2. The number of hydrogen-bond acceptors (Lipinski definition) is 16. The number of aliphatic hydroxyl groups is 4. The van der Waals surface area contributed by atoms with Crippen molar-refractivity contribution in [2.45, 2.75) is 206 Å². The zero-order valence-electron chi connectivity index (χ0n) is 43.8.